The molecule has 0 saturated carbocycles. The molecule has 0 bridgehead atoms. The number of nitrogens with zero attached hydrogens (tertiary/aromatic N) is 3. The van der Waals surface area contributed by atoms with Gasteiger partial charge in [-0.25, -0.2) is 0 Å². The van der Waals surface area contributed by atoms with Gasteiger partial charge in [-0.3, -0.25) is 14.7 Å². The average Bonchev–Trinajstić information content (AvgIpc) is 3.15. The van der Waals surface area contributed by atoms with E-state index < -0.39 is 0 Å². The molecular formula is C26H37N3O2. The van der Waals surface area contributed by atoms with E-state index in [0.717, 1.165) is 38.5 Å². The van der Waals surface area contributed by atoms with Crippen LogP contribution in [0.2, 0.25) is 0 Å². The molecule has 1 aromatic heterocycles. The number of pyridine rings is 1. The second-order valence-electron chi connectivity index (χ2n) is 9.48. The molecule has 1 saturated heterocycles. The summed E-state index contributed by atoms with van der Waals surface area (Å²) in [7, 11) is 1.71. The molecule has 0 aliphatic carbocycles. The van der Waals surface area contributed by atoms with Gasteiger partial charge in [-0.2, -0.15) is 0 Å². The summed E-state index contributed by atoms with van der Waals surface area (Å²) in [5, 5.41) is 0. The molecule has 2 aromatic rings. The Morgan fingerprint density at radius 3 is 2.55 bits per heavy atom. The fourth-order valence-electron chi connectivity index (χ4n) is 4.61. The normalized spacial score (nSPS) is 19.2. The van der Waals surface area contributed by atoms with Gasteiger partial charge in [-0.1, -0.05) is 39.8 Å². The van der Waals surface area contributed by atoms with Crippen LogP contribution in [0.5, 0.6) is 5.75 Å². The number of aromatic nitrogens is 1. The molecule has 3 rings (SSSR count). The Bertz CT molecular complexity index is 838. The van der Waals surface area contributed by atoms with Crippen molar-refractivity contribution in [1.82, 2.24) is 14.8 Å². The molecule has 1 amide bonds. The third kappa shape index (κ3) is 6.30. The second-order valence-corrected chi connectivity index (χ2v) is 9.48. The lowest BCUT2D eigenvalue weighted by atomic mass is 9.88. The van der Waals surface area contributed by atoms with E-state index in [1.807, 2.05) is 32.3 Å². The van der Waals surface area contributed by atoms with Crippen LogP contribution in [0, 0.1) is 17.8 Å². The summed E-state index contributed by atoms with van der Waals surface area (Å²) >= 11 is 0. The van der Waals surface area contributed by atoms with Crippen LogP contribution in [-0.2, 0) is 11.3 Å². The fraction of sp³-hybridized carbons (Fsp3) is 0.538. The standard InChI is InChI=1S/C26H37N3O2/c1-19(2)14-29(26(30)20(3)4)17-23-16-28(15-21-9-11-27-12-10-21)18-25(23)22-7-6-8-24(13-22)31-5/h6-13,19-20,23,25H,14-18H2,1-5H3/t23-,25+/m1/s1. The number of hydrogen-bond acceptors (Lipinski definition) is 4. The first-order valence-electron chi connectivity index (χ1n) is 11.4. The number of carbonyl (C=O) groups excluding carboxylic acids is 1. The number of rotatable bonds is 9. The Morgan fingerprint density at radius 1 is 1.16 bits per heavy atom. The van der Waals surface area contributed by atoms with Gasteiger partial charge in [0.25, 0.3) is 0 Å². The maximum Gasteiger partial charge on any atom is 0.225 e. The molecule has 0 spiro atoms. The number of ether oxygens (including phenoxy) is 1. The van der Waals surface area contributed by atoms with Crippen LogP contribution in [0.1, 0.15) is 44.7 Å². The fourth-order valence-corrected chi connectivity index (χ4v) is 4.61. The molecule has 168 valence electrons. The van der Waals surface area contributed by atoms with Crippen molar-refractivity contribution >= 4 is 5.91 Å². The summed E-state index contributed by atoms with van der Waals surface area (Å²) in [6.07, 6.45) is 3.71. The highest BCUT2D eigenvalue weighted by Gasteiger charge is 2.36. The Kier molecular flexibility index (Phi) is 8.08. The molecule has 0 radical (unpaired) electrons. The molecule has 1 aliphatic rings. The van der Waals surface area contributed by atoms with Crippen LogP contribution in [0.4, 0.5) is 0 Å². The average molecular weight is 424 g/mol. The first kappa shape index (κ1) is 23.3. The lowest BCUT2D eigenvalue weighted by Gasteiger charge is -2.31. The zero-order valence-electron chi connectivity index (χ0n) is 19.6. The topological polar surface area (TPSA) is 45.7 Å². The largest absolute Gasteiger partial charge is 0.497 e. The lowest BCUT2D eigenvalue weighted by molar-refractivity contribution is -0.135. The number of benzene rings is 1. The smallest absolute Gasteiger partial charge is 0.225 e. The number of amides is 1. The van der Waals surface area contributed by atoms with E-state index in [4.69, 9.17) is 4.74 Å². The van der Waals surface area contributed by atoms with Crippen molar-refractivity contribution in [3.05, 3.63) is 59.9 Å². The van der Waals surface area contributed by atoms with Crippen molar-refractivity contribution < 1.29 is 9.53 Å². The monoisotopic (exact) mass is 423 g/mol. The van der Waals surface area contributed by atoms with Gasteiger partial charge in [-0.05, 0) is 47.2 Å². The summed E-state index contributed by atoms with van der Waals surface area (Å²) in [5.74, 6) is 2.37. The molecule has 1 aliphatic heterocycles. The minimum absolute atomic E-state index is 0.0170. The molecule has 31 heavy (non-hydrogen) atoms. The van der Waals surface area contributed by atoms with Crippen molar-refractivity contribution in [2.75, 3.05) is 33.3 Å². The first-order chi connectivity index (χ1) is 14.9. The van der Waals surface area contributed by atoms with E-state index in [-0.39, 0.29) is 11.8 Å². The van der Waals surface area contributed by atoms with E-state index in [1.165, 1.54) is 11.1 Å². The van der Waals surface area contributed by atoms with Gasteiger partial charge in [-0.15, -0.1) is 0 Å². The Hall–Kier alpha value is -2.40. The SMILES string of the molecule is COc1cccc([C@@H]2CN(Cc3ccncc3)C[C@@H]2CN(CC(C)C)C(=O)C(C)C)c1. The Morgan fingerprint density at radius 2 is 1.90 bits per heavy atom. The van der Waals surface area contributed by atoms with Gasteiger partial charge in [0, 0.05) is 57.0 Å². The molecule has 2 heterocycles. The van der Waals surface area contributed by atoms with E-state index in [0.29, 0.717) is 17.8 Å². The molecule has 1 fully saturated rings. The highest BCUT2D eigenvalue weighted by molar-refractivity contribution is 5.78. The third-order valence-electron chi connectivity index (χ3n) is 6.04. The number of carbonyl (C=O) groups is 1. The lowest BCUT2D eigenvalue weighted by Crippen LogP contribution is -2.41. The molecule has 0 unspecified atom stereocenters. The van der Waals surface area contributed by atoms with Crippen molar-refractivity contribution in [2.24, 2.45) is 17.8 Å². The van der Waals surface area contributed by atoms with Gasteiger partial charge < -0.3 is 9.64 Å². The van der Waals surface area contributed by atoms with Crippen LogP contribution in [-0.4, -0.2) is 54.0 Å². The van der Waals surface area contributed by atoms with E-state index in [1.54, 1.807) is 7.11 Å². The Balaban J connectivity index is 1.84. The summed E-state index contributed by atoms with van der Waals surface area (Å²) in [5.41, 5.74) is 2.57. The zero-order chi connectivity index (χ0) is 22.4. The van der Waals surface area contributed by atoms with Crippen molar-refractivity contribution in [2.45, 2.75) is 40.2 Å². The predicted molar refractivity (Wildman–Crippen MR) is 125 cm³/mol. The quantitative estimate of drug-likeness (QED) is 0.598. The number of methoxy groups -OCH3 is 1. The number of likely N-dealkylation sites (tertiary alicyclic amines) is 1. The van der Waals surface area contributed by atoms with Crippen LogP contribution >= 0.6 is 0 Å². The summed E-state index contributed by atoms with van der Waals surface area (Å²) in [6.45, 7) is 12.8. The minimum Gasteiger partial charge on any atom is -0.497 e. The van der Waals surface area contributed by atoms with E-state index >= 15 is 0 Å². The van der Waals surface area contributed by atoms with Gasteiger partial charge in [0.2, 0.25) is 5.91 Å². The van der Waals surface area contributed by atoms with Crippen molar-refractivity contribution in [3.8, 4) is 5.75 Å². The van der Waals surface area contributed by atoms with Crippen LogP contribution in [0.25, 0.3) is 0 Å². The van der Waals surface area contributed by atoms with Crippen molar-refractivity contribution in [1.29, 1.82) is 0 Å². The molecule has 5 heteroatoms. The summed E-state index contributed by atoms with van der Waals surface area (Å²) in [6, 6.07) is 12.6. The minimum atomic E-state index is 0.0170. The van der Waals surface area contributed by atoms with Crippen LogP contribution in [0.3, 0.4) is 0 Å². The first-order valence-corrected chi connectivity index (χ1v) is 11.4. The predicted octanol–water partition coefficient (Wildman–Crippen LogP) is 4.45. The Labute approximate surface area is 187 Å². The van der Waals surface area contributed by atoms with Gasteiger partial charge in [0.05, 0.1) is 7.11 Å². The van der Waals surface area contributed by atoms with Crippen LogP contribution in [0.15, 0.2) is 48.8 Å². The van der Waals surface area contributed by atoms with E-state index in [9.17, 15) is 4.79 Å². The van der Waals surface area contributed by atoms with Gasteiger partial charge >= 0.3 is 0 Å². The molecule has 0 N–H and O–H groups in total. The van der Waals surface area contributed by atoms with Gasteiger partial charge in [0.1, 0.15) is 5.75 Å². The molecule has 5 nitrogen and oxygen atoms in total. The van der Waals surface area contributed by atoms with Crippen LogP contribution < -0.4 is 4.74 Å². The number of hydrogen-bond donors (Lipinski definition) is 0. The summed E-state index contributed by atoms with van der Waals surface area (Å²) < 4.78 is 5.49. The molecule has 1 aromatic carbocycles. The maximum atomic E-state index is 13.0. The highest BCUT2D eigenvalue weighted by Crippen LogP contribution is 2.35. The third-order valence-corrected chi connectivity index (χ3v) is 6.04. The van der Waals surface area contributed by atoms with Gasteiger partial charge in [0.15, 0.2) is 0 Å². The summed E-state index contributed by atoms with van der Waals surface area (Å²) in [4.78, 5) is 21.7. The highest BCUT2D eigenvalue weighted by atomic mass is 16.5. The second kappa shape index (κ2) is 10.8. The van der Waals surface area contributed by atoms with E-state index in [2.05, 4.69) is 59.0 Å². The zero-order valence-corrected chi connectivity index (χ0v) is 19.6. The maximum absolute atomic E-state index is 13.0. The molecular weight excluding hydrogens is 386 g/mol. The van der Waals surface area contributed by atoms with Crippen molar-refractivity contribution in [3.63, 3.8) is 0 Å². The molecule has 2 atom stereocenters.